The van der Waals surface area contributed by atoms with Crippen LogP contribution < -0.4 is 5.32 Å². The molecule has 1 saturated carbocycles. The van der Waals surface area contributed by atoms with Crippen LogP contribution in [0.3, 0.4) is 0 Å². The standard InChI is InChI=1S/C15H17Cl2NO2/c16-12-6-4-10(13(17)8-12)5-7-15(20)18-9-11-2-1-3-14(11)19/h4-8,11,14,19H,1-3,9H2,(H,18,20). The fraction of sp³-hybridized carbons (Fsp3) is 0.400. The number of nitrogens with one attached hydrogen (secondary N) is 1. The molecule has 20 heavy (non-hydrogen) atoms. The van der Waals surface area contributed by atoms with Crippen molar-refractivity contribution in [3.8, 4) is 0 Å². The highest BCUT2D eigenvalue weighted by molar-refractivity contribution is 6.35. The fourth-order valence-corrected chi connectivity index (χ4v) is 2.82. The van der Waals surface area contributed by atoms with Gasteiger partial charge in [0.15, 0.2) is 0 Å². The number of amides is 1. The zero-order valence-electron chi connectivity index (χ0n) is 11.0. The number of carbonyl (C=O) groups is 1. The first kappa shape index (κ1) is 15.4. The minimum atomic E-state index is -0.287. The Labute approximate surface area is 128 Å². The van der Waals surface area contributed by atoms with E-state index in [4.69, 9.17) is 23.2 Å². The molecule has 108 valence electrons. The Morgan fingerprint density at radius 2 is 2.20 bits per heavy atom. The number of halogens is 2. The lowest BCUT2D eigenvalue weighted by Gasteiger charge is -2.14. The van der Waals surface area contributed by atoms with E-state index in [1.165, 1.54) is 6.08 Å². The Morgan fingerprint density at radius 3 is 2.85 bits per heavy atom. The van der Waals surface area contributed by atoms with Crippen LogP contribution in [0.2, 0.25) is 10.0 Å². The minimum Gasteiger partial charge on any atom is -0.393 e. The van der Waals surface area contributed by atoms with E-state index in [1.54, 1.807) is 24.3 Å². The average molecular weight is 314 g/mol. The molecule has 1 fully saturated rings. The Bertz CT molecular complexity index is 517. The first-order valence-corrected chi connectivity index (χ1v) is 7.41. The molecule has 2 rings (SSSR count). The summed E-state index contributed by atoms with van der Waals surface area (Å²) in [5.41, 5.74) is 0.743. The SMILES string of the molecule is O=C(C=Cc1ccc(Cl)cc1Cl)NCC1CCCC1O. The van der Waals surface area contributed by atoms with Crippen molar-refractivity contribution in [1.82, 2.24) is 5.32 Å². The largest absolute Gasteiger partial charge is 0.393 e. The van der Waals surface area contributed by atoms with E-state index in [2.05, 4.69) is 5.32 Å². The molecule has 2 unspecified atom stereocenters. The molecule has 5 heteroatoms. The summed E-state index contributed by atoms with van der Waals surface area (Å²) in [6.07, 6.45) is 5.63. The third kappa shape index (κ3) is 4.23. The minimum absolute atomic E-state index is 0.173. The van der Waals surface area contributed by atoms with Gasteiger partial charge in [0.25, 0.3) is 0 Å². The lowest BCUT2D eigenvalue weighted by molar-refractivity contribution is -0.116. The Morgan fingerprint density at radius 1 is 1.40 bits per heavy atom. The Kier molecular flexibility index (Phi) is 5.46. The van der Waals surface area contributed by atoms with Crippen LogP contribution in [-0.2, 0) is 4.79 Å². The van der Waals surface area contributed by atoms with Crippen LogP contribution >= 0.6 is 23.2 Å². The summed E-state index contributed by atoms with van der Waals surface area (Å²) in [7, 11) is 0. The van der Waals surface area contributed by atoms with E-state index in [9.17, 15) is 9.90 Å². The number of hydrogen-bond acceptors (Lipinski definition) is 2. The molecule has 0 aromatic heterocycles. The van der Waals surface area contributed by atoms with Crippen LogP contribution in [0, 0.1) is 5.92 Å². The van der Waals surface area contributed by atoms with Crippen molar-refractivity contribution in [3.63, 3.8) is 0 Å². The van der Waals surface area contributed by atoms with E-state index in [0.29, 0.717) is 16.6 Å². The lowest BCUT2D eigenvalue weighted by atomic mass is 10.1. The molecule has 1 aliphatic carbocycles. The van der Waals surface area contributed by atoms with Gasteiger partial charge in [-0.2, -0.15) is 0 Å². The highest BCUT2D eigenvalue weighted by atomic mass is 35.5. The van der Waals surface area contributed by atoms with Gasteiger partial charge in [-0.3, -0.25) is 4.79 Å². The normalized spacial score (nSPS) is 22.4. The zero-order chi connectivity index (χ0) is 14.5. The van der Waals surface area contributed by atoms with Crippen molar-refractivity contribution in [2.24, 2.45) is 5.92 Å². The number of hydrogen-bond donors (Lipinski definition) is 2. The zero-order valence-corrected chi connectivity index (χ0v) is 12.5. The van der Waals surface area contributed by atoms with E-state index in [1.807, 2.05) is 0 Å². The van der Waals surface area contributed by atoms with E-state index < -0.39 is 0 Å². The van der Waals surface area contributed by atoms with Crippen molar-refractivity contribution in [2.45, 2.75) is 25.4 Å². The van der Waals surface area contributed by atoms with Gasteiger partial charge in [-0.1, -0.05) is 35.7 Å². The average Bonchev–Trinajstić information content (AvgIpc) is 2.81. The molecule has 2 N–H and O–H groups in total. The second-order valence-electron chi connectivity index (χ2n) is 5.00. The van der Waals surface area contributed by atoms with Gasteiger partial charge < -0.3 is 10.4 Å². The van der Waals surface area contributed by atoms with Crippen LogP contribution in [-0.4, -0.2) is 23.7 Å². The third-order valence-corrected chi connectivity index (χ3v) is 4.10. The summed E-state index contributed by atoms with van der Waals surface area (Å²) in [5, 5.41) is 13.5. The highest BCUT2D eigenvalue weighted by Gasteiger charge is 2.24. The van der Waals surface area contributed by atoms with Crippen LogP contribution in [0.4, 0.5) is 0 Å². The summed E-state index contributed by atoms with van der Waals surface area (Å²) >= 11 is 11.8. The first-order chi connectivity index (χ1) is 9.56. The molecule has 1 aromatic rings. The van der Waals surface area contributed by atoms with Gasteiger partial charge in [0, 0.05) is 28.6 Å². The second-order valence-corrected chi connectivity index (χ2v) is 5.85. The van der Waals surface area contributed by atoms with Gasteiger partial charge >= 0.3 is 0 Å². The number of carbonyl (C=O) groups excluding carboxylic acids is 1. The molecule has 1 aliphatic rings. The molecule has 2 atom stereocenters. The summed E-state index contributed by atoms with van der Waals surface area (Å²) in [6.45, 7) is 0.513. The van der Waals surface area contributed by atoms with Crippen LogP contribution in [0.1, 0.15) is 24.8 Å². The van der Waals surface area contributed by atoms with Gasteiger partial charge in [-0.15, -0.1) is 0 Å². The lowest BCUT2D eigenvalue weighted by Crippen LogP contribution is -2.31. The van der Waals surface area contributed by atoms with E-state index in [0.717, 1.165) is 24.8 Å². The predicted molar refractivity (Wildman–Crippen MR) is 81.9 cm³/mol. The van der Waals surface area contributed by atoms with Gasteiger partial charge in [0.1, 0.15) is 0 Å². The molecule has 0 heterocycles. The molecular formula is C15H17Cl2NO2. The summed E-state index contributed by atoms with van der Waals surface area (Å²) in [6, 6.07) is 5.12. The summed E-state index contributed by atoms with van der Waals surface area (Å²) < 4.78 is 0. The summed E-state index contributed by atoms with van der Waals surface area (Å²) in [4.78, 5) is 11.7. The van der Waals surface area contributed by atoms with Gasteiger partial charge in [-0.25, -0.2) is 0 Å². The van der Waals surface area contributed by atoms with Crippen molar-refractivity contribution in [1.29, 1.82) is 0 Å². The van der Waals surface area contributed by atoms with Crippen molar-refractivity contribution < 1.29 is 9.90 Å². The number of aliphatic hydroxyl groups is 1. The molecule has 0 bridgehead atoms. The molecule has 1 aromatic carbocycles. The van der Waals surface area contributed by atoms with Gasteiger partial charge in [0.05, 0.1) is 6.10 Å². The highest BCUT2D eigenvalue weighted by Crippen LogP contribution is 2.24. The third-order valence-electron chi connectivity index (χ3n) is 3.53. The first-order valence-electron chi connectivity index (χ1n) is 6.65. The Hall–Kier alpha value is -1.03. The van der Waals surface area contributed by atoms with Crippen molar-refractivity contribution in [2.75, 3.05) is 6.54 Å². The number of aliphatic hydroxyl groups excluding tert-OH is 1. The maximum absolute atomic E-state index is 11.7. The summed E-state index contributed by atoms with van der Waals surface area (Å²) in [5.74, 6) is -0.0124. The Balaban J connectivity index is 1.86. The molecule has 0 radical (unpaired) electrons. The topological polar surface area (TPSA) is 49.3 Å². The van der Waals surface area contributed by atoms with Crippen LogP contribution in [0.15, 0.2) is 24.3 Å². The molecule has 3 nitrogen and oxygen atoms in total. The maximum atomic E-state index is 11.7. The van der Waals surface area contributed by atoms with E-state index >= 15 is 0 Å². The van der Waals surface area contributed by atoms with Crippen molar-refractivity contribution >= 4 is 35.2 Å². The smallest absolute Gasteiger partial charge is 0.244 e. The van der Waals surface area contributed by atoms with E-state index in [-0.39, 0.29) is 17.9 Å². The number of benzene rings is 1. The van der Waals surface area contributed by atoms with Crippen LogP contribution in [0.25, 0.3) is 6.08 Å². The number of rotatable bonds is 4. The monoisotopic (exact) mass is 313 g/mol. The predicted octanol–water partition coefficient (Wildman–Crippen LogP) is 3.28. The molecular weight excluding hydrogens is 297 g/mol. The quantitative estimate of drug-likeness (QED) is 0.838. The maximum Gasteiger partial charge on any atom is 0.244 e. The second kappa shape index (κ2) is 7.11. The van der Waals surface area contributed by atoms with Crippen molar-refractivity contribution in [3.05, 3.63) is 39.9 Å². The van der Waals surface area contributed by atoms with Crippen LogP contribution in [0.5, 0.6) is 0 Å². The van der Waals surface area contributed by atoms with Gasteiger partial charge in [0.2, 0.25) is 5.91 Å². The molecule has 0 saturated heterocycles. The molecule has 0 spiro atoms. The molecule has 1 amide bonds. The molecule has 0 aliphatic heterocycles. The fourth-order valence-electron chi connectivity index (χ4n) is 2.35. The van der Waals surface area contributed by atoms with Gasteiger partial charge in [-0.05, 0) is 36.6 Å².